The van der Waals surface area contributed by atoms with Gasteiger partial charge in [0, 0.05) is 26.3 Å². The Balaban J connectivity index is 0.000000359. The fraction of sp³-hybridized carbons (Fsp3) is 0.417. The number of carbonyl (C=O) groups is 1. The number of pyridine rings is 1. The number of carbonyl (C=O) groups excluding carboxylic acids is 1. The number of nitrogens with two attached hydrogens (primary N) is 2. The molecule has 1 amide bonds. The van der Waals surface area contributed by atoms with E-state index in [0.717, 1.165) is 11.1 Å². The second kappa shape index (κ2) is 7.84. The molecule has 2 rings (SSSR count). The Morgan fingerprint density at radius 3 is 2.38 bits per heavy atom. The maximum atomic E-state index is 11.4. The highest BCUT2D eigenvalue weighted by atomic mass is 32.2. The molecule has 26 heavy (non-hydrogen) atoms. The lowest BCUT2D eigenvalue weighted by Gasteiger charge is -2.10. The van der Waals surface area contributed by atoms with Gasteiger partial charge in [-0.1, -0.05) is 0 Å². The Labute approximate surface area is 146 Å². The molecular weight excluding hydrogens is 381 g/mol. The summed E-state index contributed by atoms with van der Waals surface area (Å²) in [7, 11) is -4.04. The molecule has 2 heterocycles. The van der Waals surface area contributed by atoms with Gasteiger partial charge in [0.05, 0.1) is 22.3 Å². The molecule has 0 saturated heterocycles. The number of halogens is 3. The van der Waals surface area contributed by atoms with Gasteiger partial charge >= 0.3 is 15.6 Å². The van der Waals surface area contributed by atoms with Crippen molar-refractivity contribution in [3.05, 3.63) is 17.5 Å². The van der Waals surface area contributed by atoms with E-state index in [2.05, 4.69) is 15.4 Å². The van der Waals surface area contributed by atoms with Crippen LogP contribution in [0.3, 0.4) is 0 Å². The fourth-order valence-corrected chi connectivity index (χ4v) is 1.98. The second-order valence-corrected chi connectivity index (χ2v) is 6.37. The highest BCUT2D eigenvalue weighted by Gasteiger charge is 2.44. The lowest BCUT2D eigenvalue weighted by molar-refractivity contribution is -0.0510. The first-order valence-corrected chi connectivity index (χ1v) is 8.35. The topological polar surface area (TPSA) is 166 Å². The van der Waals surface area contributed by atoms with E-state index >= 15 is 0 Å². The molecule has 0 bridgehead atoms. The average Bonchev–Trinajstić information content (AvgIpc) is 2.78. The minimum absolute atomic E-state index is 0.354. The van der Waals surface area contributed by atoms with E-state index in [1.165, 1.54) is 6.20 Å². The zero-order valence-electron chi connectivity index (χ0n) is 13.7. The van der Waals surface area contributed by atoms with Crippen molar-refractivity contribution in [2.75, 3.05) is 18.4 Å². The molecule has 2 aromatic rings. The van der Waals surface area contributed by atoms with E-state index in [-0.39, 0.29) is 0 Å². The van der Waals surface area contributed by atoms with Crippen molar-refractivity contribution in [3.63, 3.8) is 0 Å². The number of amides is 1. The Morgan fingerprint density at radius 2 is 1.96 bits per heavy atom. The van der Waals surface area contributed by atoms with Crippen molar-refractivity contribution in [1.82, 2.24) is 14.8 Å². The van der Waals surface area contributed by atoms with E-state index in [9.17, 15) is 18.0 Å². The summed E-state index contributed by atoms with van der Waals surface area (Å²) < 4.78 is 59.2. The summed E-state index contributed by atoms with van der Waals surface area (Å²) in [6.07, 6.45) is 1.46. The largest absolute Gasteiger partial charge is 0.522 e. The van der Waals surface area contributed by atoms with E-state index in [4.69, 9.17) is 24.4 Å². The van der Waals surface area contributed by atoms with Crippen molar-refractivity contribution in [3.8, 4) is 0 Å². The molecule has 0 unspecified atom stereocenters. The fourth-order valence-electron chi connectivity index (χ4n) is 1.98. The molecule has 10 nitrogen and oxygen atoms in total. The molecule has 0 aliphatic heterocycles. The van der Waals surface area contributed by atoms with Crippen LogP contribution in [0.5, 0.6) is 0 Å². The lowest BCUT2D eigenvalue weighted by Crippen LogP contribution is -2.21. The van der Waals surface area contributed by atoms with Gasteiger partial charge in [0.15, 0.2) is 5.65 Å². The molecule has 2 aromatic heterocycles. The smallest absolute Gasteiger partial charge is 0.382 e. The Kier molecular flexibility index (Phi) is 6.51. The third-order valence-corrected chi connectivity index (χ3v) is 3.62. The minimum atomic E-state index is -5.84. The molecule has 6 N–H and O–H groups in total. The summed E-state index contributed by atoms with van der Waals surface area (Å²) in [4.78, 5) is 15.7. The Hall–Kier alpha value is -2.45. The van der Waals surface area contributed by atoms with Gasteiger partial charge in [-0.05, 0) is 6.92 Å². The number of hydrogen-bond donors (Lipinski definition) is 4. The third kappa shape index (κ3) is 4.80. The number of aromatic nitrogens is 3. The summed E-state index contributed by atoms with van der Waals surface area (Å²) >= 11 is 0. The van der Waals surface area contributed by atoms with Crippen molar-refractivity contribution in [2.24, 2.45) is 18.5 Å². The zero-order chi connectivity index (χ0) is 20.3. The molecule has 0 aliphatic carbocycles. The number of primary amides is 1. The van der Waals surface area contributed by atoms with Crippen LogP contribution in [0.1, 0.15) is 16.1 Å². The average molecular weight is 398 g/mol. The number of nitrogens with one attached hydrogen (secondary N) is 1. The van der Waals surface area contributed by atoms with Gasteiger partial charge in [0.1, 0.15) is 0 Å². The molecule has 0 aliphatic rings. The van der Waals surface area contributed by atoms with Crippen LogP contribution in [-0.2, 0) is 17.2 Å². The second-order valence-electron chi connectivity index (χ2n) is 4.96. The predicted octanol–water partition coefficient (Wildman–Crippen LogP) is 0.140. The van der Waals surface area contributed by atoms with Crippen LogP contribution in [0, 0.1) is 6.92 Å². The van der Waals surface area contributed by atoms with Gasteiger partial charge < -0.3 is 16.8 Å². The summed E-state index contributed by atoms with van der Waals surface area (Å²) in [5.41, 5.74) is 7.81. The van der Waals surface area contributed by atoms with E-state index in [1.807, 2.05) is 6.92 Å². The molecule has 0 saturated carbocycles. The monoisotopic (exact) mass is 398 g/mol. The maximum Gasteiger partial charge on any atom is 0.522 e. The molecule has 14 heteroatoms. The van der Waals surface area contributed by atoms with Gasteiger partial charge in [-0.3, -0.25) is 14.0 Å². The van der Waals surface area contributed by atoms with Crippen LogP contribution in [-0.4, -0.2) is 52.2 Å². The van der Waals surface area contributed by atoms with Crippen LogP contribution in [0.25, 0.3) is 11.0 Å². The number of fused-ring (bicyclic) bond motifs is 1. The highest BCUT2D eigenvalue weighted by molar-refractivity contribution is 7.86. The first-order valence-electron chi connectivity index (χ1n) is 6.91. The zero-order valence-corrected chi connectivity index (χ0v) is 14.5. The number of aryl methyl sites for hydroxylation is 2. The van der Waals surface area contributed by atoms with Crippen molar-refractivity contribution < 1.29 is 30.9 Å². The summed E-state index contributed by atoms with van der Waals surface area (Å²) in [5.74, 6) is -0.521. The van der Waals surface area contributed by atoms with Gasteiger partial charge in [0.2, 0.25) is 0 Å². The Morgan fingerprint density at radius 1 is 1.42 bits per heavy atom. The van der Waals surface area contributed by atoms with Crippen molar-refractivity contribution >= 4 is 32.7 Å². The molecule has 146 valence electrons. The number of hydrogen-bond acceptors (Lipinski definition) is 7. The molecule has 0 atom stereocenters. The van der Waals surface area contributed by atoms with Crippen LogP contribution in [0.4, 0.5) is 18.9 Å². The molecule has 0 spiro atoms. The highest BCUT2D eigenvalue weighted by Crippen LogP contribution is 2.28. The van der Waals surface area contributed by atoms with Gasteiger partial charge in [-0.2, -0.15) is 26.7 Å². The number of rotatable bonds is 4. The quantitative estimate of drug-likeness (QED) is 0.417. The summed E-state index contributed by atoms with van der Waals surface area (Å²) in [6, 6.07) is 0. The van der Waals surface area contributed by atoms with Crippen LogP contribution >= 0.6 is 0 Å². The SMILES string of the molecule is Cc1nn(C)c2ncc(C(N)=O)c(NCCN)c12.O=S(=O)(O)C(F)(F)F. The third-order valence-electron chi connectivity index (χ3n) is 3.03. The van der Waals surface area contributed by atoms with Gasteiger partial charge in [-0.25, -0.2) is 4.98 Å². The summed E-state index contributed by atoms with van der Waals surface area (Å²) in [5, 5.41) is 8.22. The summed E-state index contributed by atoms with van der Waals surface area (Å²) in [6.45, 7) is 2.87. The van der Waals surface area contributed by atoms with E-state index in [0.29, 0.717) is 30.0 Å². The van der Waals surface area contributed by atoms with Gasteiger partial charge in [-0.15, -0.1) is 0 Å². The van der Waals surface area contributed by atoms with Crippen LogP contribution < -0.4 is 16.8 Å². The number of alkyl halides is 3. The lowest BCUT2D eigenvalue weighted by atomic mass is 10.1. The standard InChI is InChI=1S/C11H16N6O.CHF3O3S/c1-6-8-9(14-4-3-12)7(10(13)18)5-15-11(8)17(2)16-6;2-1(3,4)8(5,6)7/h5H,3-4,12H2,1-2H3,(H2,13,18)(H,14,15);(H,5,6,7). The van der Waals surface area contributed by atoms with Crippen LogP contribution in [0.2, 0.25) is 0 Å². The van der Waals surface area contributed by atoms with E-state index < -0.39 is 21.5 Å². The maximum absolute atomic E-state index is 11.4. The number of anilines is 1. The molecule has 0 radical (unpaired) electrons. The van der Waals surface area contributed by atoms with E-state index in [1.54, 1.807) is 11.7 Å². The molecule has 0 fully saturated rings. The number of nitrogens with zero attached hydrogens (tertiary/aromatic N) is 3. The van der Waals surface area contributed by atoms with Crippen LogP contribution in [0.15, 0.2) is 6.20 Å². The molecule has 0 aromatic carbocycles. The van der Waals surface area contributed by atoms with Crippen molar-refractivity contribution in [2.45, 2.75) is 12.4 Å². The first kappa shape index (κ1) is 21.6. The van der Waals surface area contributed by atoms with Gasteiger partial charge in [0.25, 0.3) is 5.91 Å². The molecular formula is C12H17F3N6O4S. The Bertz CT molecular complexity index is 910. The normalized spacial score (nSPS) is 11.8. The van der Waals surface area contributed by atoms with Crippen molar-refractivity contribution in [1.29, 1.82) is 0 Å². The first-order chi connectivity index (χ1) is 11.8. The minimum Gasteiger partial charge on any atom is -0.382 e. The predicted molar refractivity (Wildman–Crippen MR) is 86.9 cm³/mol.